The molecule has 3 heterocycles. The number of hydrogen-bond acceptors (Lipinski definition) is 5. The first-order chi connectivity index (χ1) is 13.7. The molecule has 0 bridgehead atoms. The first-order valence-electron chi connectivity index (χ1n) is 9.51. The summed E-state index contributed by atoms with van der Waals surface area (Å²) in [5, 5.41) is 0.873. The lowest BCUT2D eigenvalue weighted by Crippen LogP contribution is -2.25. The summed E-state index contributed by atoms with van der Waals surface area (Å²) in [6.45, 7) is 1.58. The minimum absolute atomic E-state index is 0.226. The van der Waals surface area contributed by atoms with Crippen molar-refractivity contribution in [3.63, 3.8) is 0 Å². The van der Waals surface area contributed by atoms with Crippen molar-refractivity contribution in [1.82, 2.24) is 14.9 Å². The Labute approximate surface area is 161 Å². The summed E-state index contributed by atoms with van der Waals surface area (Å²) in [5.74, 6) is 1.53. The Morgan fingerprint density at radius 3 is 2.86 bits per heavy atom. The highest BCUT2D eigenvalue weighted by molar-refractivity contribution is 6.01. The smallest absolute Gasteiger partial charge is 0.294 e. The lowest BCUT2D eigenvalue weighted by Gasteiger charge is -2.24. The van der Waals surface area contributed by atoms with E-state index in [2.05, 4.69) is 22.0 Å². The molecule has 0 aliphatic carbocycles. The second-order valence-electron chi connectivity index (χ2n) is 7.19. The molecule has 4 aromatic rings. The molecule has 0 spiro atoms. The van der Waals surface area contributed by atoms with Gasteiger partial charge < -0.3 is 14.1 Å². The van der Waals surface area contributed by atoms with Crippen molar-refractivity contribution in [2.24, 2.45) is 0 Å². The Bertz CT molecular complexity index is 1190. The number of aromatic nitrogens is 2. The van der Waals surface area contributed by atoms with Crippen molar-refractivity contribution >= 4 is 22.1 Å². The topological polar surface area (TPSA) is 71.4 Å². The zero-order chi connectivity index (χ0) is 19.1. The molecule has 0 saturated carbocycles. The number of nitrogens with zero attached hydrogens (tertiary/aromatic N) is 2. The standard InChI is InChI=1S/C22H21N3O3/c1-27-15-10-8-14(9-11-15)17-6-4-12-25(17)13-19-23-20-16-5-2-3-7-18(16)28-21(20)22(26)24-19/h2-3,5,7-11,17H,4,6,12-13H2,1H3,(H,23,24,26)/t17-/m0/s1. The summed E-state index contributed by atoms with van der Waals surface area (Å²) in [5.41, 5.74) is 2.64. The first-order valence-corrected chi connectivity index (χ1v) is 9.51. The van der Waals surface area contributed by atoms with Gasteiger partial charge in [-0.1, -0.05) is 24.3 Å². The number of H-pyrrole nitrogens is 1. The molecule has 142 valence electrons. The Kier molecular flexibility index (Phi) is 4.13. The number of likely N-dealkylation sites (tertiary alicyclic amines) is 1. The number of ether oxygens (including phenoxy) is 1. The Morgan fingerprint density at radius 2 is 2.04 bits per heavy atom. The van der Waals surface area contributed by atoms with Gasteiger partial charge in [-0.3, -0.25) is 9.69 Å². The Balaban J connectivity index is 1.48. The largest absolute Gasteiger partial charge is 0.497 e. The maximum atomic E-state index is 12.5. The number of rotatable bonds is 4. The zero-order valence-corrected chi connectivity index (χ0v) is 15.6. The number of nitrogens with one attached hydrogen (secondary N) is 1. The summed E-state index contributed by atoms with van der Waals surface area (Å²) >= 11 is 0. The van der Waals surface area contributed by atoms with Crippen molar-refractivity contribution in [2.45, 2.75) is 25.4 Å². The van der Waals surface area contributed by atoms with Gasteiger partial charge in [-0.15, -0.1) is 0 Å². The van der Waals surface area contributed by atoms with Crippen LogP contribution in [-0.4, -0.2) is 28.5 Å². The van der Waals surface area contributed by atoms with Gasteiger partial charge in [0.05, 0.1) is 13.7 Å². The average Bonchev–Trinajstić information content (AvgIpc) is 3.33. The van der Waals surface area contributed by atoms with Crippen LogP contribution in [0.1, 0.15) is 30.3 Å². The molecule has 5 rings (SSSR count). The number of para-hydroxylation sites is 1. The molecule has 0 unspecified atom stereocenters. The second kappa shape index (κ2) is 6.80. The number of methoxy groups -OCH3 is 1. The fourth-order valence-electron chi connectivity index (χ4n) is 4.13. The molecule has 1 saturated heterocycles. The van der Waals surface area contributed by atoms with Crippen LogP contribution in [0.5, 0.6) is 5.75 Å². The van der Waals surface area contributed by atoms with Crippen LogP contribution in [0.4, 0.5) is 0 Å². The number of furan rings is 1. The fraction of sp³-hybridized carbons (Fsp3) is 0.273. The van der Waals surface area contributed by atoms with Gasteiger partial charge in [-0.25, -0.2) is 4.98 Å². The molecule has 0 amide bonds. The molecular formula is C22H21N3O3. The van der Waals surface area contributed by atoms with Crippen LogP contribution >= 0.6 is 0 Å². The summed E-state index contributed by atoms with van der Waals surface area (Å²) in [7, 11) is 1.68. The zero-order valence-electron chi connectivity index (χ0n) is 15.6. The van der Waals surface area contributed by atoms with Crippen molar-refractivity contribution in [2.75, 3.05) is 13.7 Å². The molecule has 1 aliphatic rings. The van der Waals surface area contributed by atoms with Crippen LogP contribution < -0.4 is 10.3 Å². The molecule has 28 heavy (non-hydrogen) atoms. The van der Waals surface area contributed by atoms with E-state index < -0.39 is 0 Å². The third kappa shape index (κ3) is 2.86. The van der Waals surface area contributed by atoms with Gasteiger partial charge in [0.1, 0.15) is 22.7 Å². The van der Waals surface area contributed by atoms with Crippen molar-refractivity contribution in [3.05, 3.63) is 70.3 Å². The third-order valence-electron chi connectivity index (χ3n) is 5.50. The van der Waals surface area contributed by atoms with E-state index in [0.29, 0.717) is 29.5 Å². The molecule has 6 heteroatoms. The maximum absolute atomic E-state index is 12.5. The van der Waals surface area contributed by atoms with Crippen LogP contribution in [0.25, 0.3) is 22.1 Å². The van der Waals surface area contributed by atoms with Crippen LogP contribution in [-0.2, 0) is 6.54 Å². The molecular weight excluding hydrogens is 354 g/mol. The lowest BCUT2D eigenvalue weighted by atomic mass is 10.0. The third-order valence-corrected chi connectivity index (χ3v) is 5.50. The van der Waals surface area contributed by atoms with E-state index in [0.717, 1.165) is 30.5 Å². The molecule has 0 radical (unpaired) electrons. The van der Waals surface area contributed by atoms with E-state index in [1.807, 2.05) is 36.4 Å². The second-order valence-corrected chi connectivity index (χ2v) is 7.19. The van der Waals surface area contributed by atoms with E-state index in [-0.39, 0.29) is 11.1 Å². The van der Waals surface area contributed by atoms with Gasteiger partial charge in [0.15, 0.2) is 0 Å². The van der Waals surface area contributed by atoms with Crippen molar-refractivity contribution < 1.29 is 9.15 Å². The lowest BCUT2D eigenvalue weighted by molar-refractivity contribution is 0.242. The molecule has 2 aromatic heterocycles. The molecule has 1 fully saturated rings. The molecule has 6 nitrogen and oxygen atoms in total. The molecule has 1 atom stereocenters. The van der Waals surface area contributed by atoms with Crippen LogP contribution in [0, 0.1) is 0 Å². The van der Waals surface area contributed by atoms with E-state index in [1.54, 1.807) is 7.11 Å². The van der Waals surface area contributed by atoms with Crippen molar-refractivity contribution in [1.29, 1.82) is 0 Å². The highest BCUT2D eigenvalue weighted by atomic mass is 16.5. The molecule has 2 aromatic carbocycles. The van der Waals surface area contributed by atoms with Gasteiger partial charge in [0, 0.05) is 11.4 Å². The minimum atomic E-state index is -0.226. The molecule has 1 N–H and O–H groups in total. The van der Waals surface area contributed by atoms with Crippen LogP contribution in [0.2, 0.25) is 0 Å². The van der Waals surface area contributed by atoms with E-state index in [1.165, 1.54) is 5.56 Å². The van der Waals surface area contributed by atoms with Gasteiger partial charge in [-0.2, -0.15) is 0 Å². The monoisotopic (exact) mass is 375 g/mol. The quantitative estimate of drug-likeness (QED) is 0.583. The van der Waals surface area contributed by atoms with Gasteiger partial charge in [0.25, 0.3) is 5.56 Å². The minimum Gasteiger partial charge on any atom is -0.497 e. The highest BCUT2D eigenvalue weighted by Crippen LogP contribution is 2.33. The summed E-state index contributed by atoms with van der Waals surface area (Å²) in [6.07, 6.45) is 2.21. The van der Waals surface area contributed by atoms with Crippen molar-refractivity contribution in [3.8, 4) is 5.75 Å². The predicted molar refractivity (Wildman–Crippen MR) is 108 cm³/mol. The number of fused-ring (bicyclic) bond motifs is 3. The predicted octanol–water partition coefficient (Wildman–Crippen LogP) is 4.02. The number of benzene rings is 2. The molecule has 1 aliphatic heterocycles. The average molecular weight is 375 g/mol. The van der Waals surface area contributed by atoms with Crippen LogP contribution in [0.3, 0.4) is 0 Å². The van der Waals surface area contributed by atoms with E-state index >= 15 is 0 Å². The first kappa shape index (κ1) is 17.0. The van der Waals surface area contributed by atoms with Gasteiger partial charge >= 0.3 is 0 Å². The SMILES string of the molecule is COc1ccc([C@@H]2CCCN2Cc2nc3c(oc4ccccc43)c(=O)[nH]2)cc1. The Morgan fingerprint density at radius 1 is 1.21 bits per heavy atom. The highest BCUT2D eigenvalue weighted by Gasteiger charge is 2.27. The summed E-state index contributed by atoms with van der Waals surface area (Å²) in [6, 6.07) is 16.2. The summed E-state index contributed by atoms with van der Waals surface area (Å²) in [4.78, 5) is 22.6. The number of aromatic amines is 1. The normalized spacial score (nSPS) is 17.5. The number of hydrogen-bond donors (Lipinski definition) is 1. The van der Waals surface area contributed by atoms with Gasteiger partial charge in [-0.05, 0) is 49.2 Å². The van der Waals surface area contributed by atoms with E-state index in [4.69, 9.17) is 14.1 Å². The van der Waals surface area contributed by atoms with Crippen LogP contribution in [0.15, 0.2) is 57.7 Å². The van der Waals surface area contributed by atoms with Gasteiger partial charge in [0.2, 0.25) is 5.58 Å². The summed E-state index contributed by atoms with van der Waals surface area (Å²) < 4.78 is 11.0. The maximum Gasteiger partial charge on any atom is 0.294 e. The fourth-order valence-corrected chi connectivity index (χ4v) is 4.13. The Hall–Kier alpha value is -3.12. The van der Waals surface area contributed by atoms with E-state index in [9.17, 15) is 4.79 Å².